The van der Waals surface area contributed by atoms with E-state index in [1.165, 1.54) is 167 Å². The number of nitrogens with zero attached hydrogens (tertiary/aromatic N) is 4. The second kappa shape index (κ2) is 40.9. The van der Waals surface area contributed by atoms with Gasteiger partial charge in [0.05, 0.1) is 13.2 Å². The first-order valence-electron chi connectivity index (χ1n) is 26.5. The first-order valence-corrected chi connectivity index (χ1v) is 26.5. The molecule has 0 radical (unpaired) electrons. The molecule has 0 aromatic rings. The van der Waals surface area contributed by atoms with Gasteiger partial charge in [-0.25, -0.2) is 0 Å². The van der Waals surface area contributed by atoms with Gasteiger partial charge in [0, 0.05) is 45.1 Å². The highest BCUT2D eigenvalue weighted by molar-refractivity contribution is 5.78. The monoisotopic (exact) mass is 833 g/mol. The summed E-state index contributed by atoms with van der Waals surface area (Å²) in [5.74, 6) is 1.36. The summed E-state index contributed by atoms with van der Waals surface area (Å²) in [5.41, 5.74) is 0. The van der Waals surface area contributed by atoms with Crippen molar-refractivity contribution in [3.05, 3.63) is 0 Å². The largest absolute Gasteiger partial charge is 0.465 e. The molecular formula is C52H104N4O3. The number of rotatable bonds is 43. The van der Waals surface area contributed by atoms with E-state index in [1.54, 1.807) is 0 Å². The molecule has 0 saturated carbocycles. The van der Waals surface area contributed by atoms with Crippen LogP contribution >= 0.6 is 0 Å². The zero-order chi connectivity index (χ0) is 43.0. The number of hydrogen-bond donors (Lipinski definition) is 0. The van der Waals surface area contributed by atoms with Crippen LogP contribution in [-0.4, -0.2) is 110 Å². The smallest absolute Gasteiger partial charge is 0.305 e. The molecule has 7 heteroatoms. The molecule has 1 heterocycles. The van der Waals surface area contributed by atoms with Gasteiger partial charge in [-0.3, -0.25) is 14.5 Å². The van der Waals surface area contributed by atoms with E-state index in [-0.39, 0.29) is 5.97 Å². The first kappa shape index (κ1) is 55.8. The number of carbonyl (C=O) groups is 2. The van der Waals surface area contributed by atoms with E-state index in [1.807, 2.05) is 0 Å². The molecule has 0 aromatic carbocycles. The molecule has 59 heavy (non-hydrogen) atoms. The fourth-order valence-corrected chi connectivity index (χ4v) is 8.89. The number of likely N-dealkylation sites (tertiary alicyclic amines) is 1. The van der Waals surface area contributed by atoms with Gasteiger partial charge in [0.25, 0.3) is 0 Å². The Morgan fingerprint density at radius 1 is 0.508 bits per heavy atom. The summed E-state index contributed by atoms with van der Waals surface area (Å²) >= 11 is 0. The highest BCUT2D eigenvalue weighted by Crippen LogP contribution is 2.22. The maximum absolute atomic E-state index is 13.9. The molecule has 1 aliphatic heterocycles. The molecule has 1 fully saturated rings. The van der Waals surface area contributed by atoms with Crippen molar-refractivity contribution in [3.63, 3.8) is 0 Å². The molecule has 0 spiro atoms. The average Bonchev–Trinajstić information content (AvgIpc) is 3.24. The average molecular weight is 833 g/mol. The Bertz CT molecular complexity index is 908. The van der Waals surface area contributed by atoms with Crippen LogP contribution in [0.15, 0.2) is 0 Å². The maximum atomic E-state index is 13.9. The molecule has 1 atom stereocenters. The van der Waals surface area contributed by atoms with Crippen molar-refractivity contribution in [1.82, 2.24) is 19.6 Å². The highest BCUT2D eigenvalue weighted by Gasteiger charge is 2.25. The fourth-order valence-electron chi connectivity index (χ4n) is 8.89. The summed E-state index contributed by atoms with van der Waals surface area (Å²) in [4.78, 5) is 36.2. The number of carbonyl (C=O) groups excluding carboxylic acids is 2. The number of ether oxygens (including phenoxy) is 1. The van der Waals surface area contributed by atoms with E-state index in [9.17, 15) is 9.59 Å². The van der Waals surface area contributed by atoms with E-state index >= 15 is 0 Å². The Hall–Kier alpha value is -1.18. The Balaban J connectivity index is 2.70. The molecule has 0 N–H and O–H groups in total. The standard InChI is InChI=1S/C52H104N4O3/c1-7-12-17-20-23-26-30-38-53(39-31-27-24-21-18-13-8-2)44-45-55(40-32-28-25-22-19-14-9-3)47-51(57)56-42-35-50(36-43-56)34-41-54(37-16-11-5)46-49(6)48-59-52(58)33-29-15-10-4/h49-50H,7-48H2,1-6H3. The number of piperidine rings is 1. The lowest BCUT2D eigenvalue weighted by molar-refractivity contribution is -0.145. The van der Waals surface area contributed by atoms with Gasteiger partial charge in [-0.05, 0) is 90.0 Å². The third kappa shape index (κ3) is 33.1. The Labute approximate surface area is 369 Å². The topological polar surface area (TPSA) is 56.3 Å². The summed E-state index contributed by atoms with van der Waals surface area (Å²) in [6, 6.07) is 0. The van der Waals surface area contributed by atoms with Gasteiger partial charge in [0.2, 0.25) is 5.91 Å². The molecule has 1 rings (SSSR count). The Kier molecular flexibility index (Phi) is 38.7. The van der Waals surface area contributed by atoms with Crippen molar-refractivity contribution in [2.24, 2.45) is 11.8 Å². The fraction of sp³-hybridized carbons (Fsp3) is 0.962. The van der Waals surface area contributed by atoms with E-state index in [0.29, 0.717) is 37.3 Å². The SMILES string of the molecule is CCCCCCCCCN(CCCCCCCCC)CCN(CCCCCCCCC)CC(=O)N1CCC(CCN(CCCC)CC(C)COC(=O)CCCCC)CC1. The normalized spacial score (nSPS) is 14.3. The second-order valence-electron chi connectivity index (χ2n) is 19.0. The maximum Gasteiger partial charge on any atom is 0.305 e. The van der Waals surface area contributed by atoms with Crippen molar-refractivity contribution in [3.8, 4) is 0 Å². The highest BCUT2D eigenvalue weighted by atomic mass is 16.5. The third-order valence-corrected chi connectivity index (χ3v) is 13.1. The molecule has 1 unspecified atom stereocenters. The predicted molar refractivity (Wildman–Crippen MR) is 256 cm³/mol. The van der Waals surface area contributed by atoms with Gasteiger partial charge >= 0.3 is 5.97 Å². The Morgan fingerprint density at radius 2 is 0.932 bits per heavy atom. The van der Waals surface area contributed by atoms with Crippen LogP contribution in [0.25, 0.3) is 0 Å². The van der Waals surface area contributed by atoms with Gasteiger partial charge in [-0.15, -0.1) is 0 Å². The summed E-state index contributed by atoms with van der Waals surface area (Å²) in [7, 11) is 0. The van der Waals surface area contributed by atoms with Gasteiger partial charge < -0.3 is 19.4 Å². The van der Waals surface area contributed by atoms with Crippen molar-refractivity contribution in [1.29, 1.82) is 0 Å². The van der Waals surface area contributed by atoms with Crippen LogP contribution in [0.5, 0.6) is 0 Å². The van der Waals surface area contributed by atoms with E-state index in [0.717, 1.165) is 84.5 Å². The Morgan fingerprint density at radius 3 is 1.44 bits per heavy atom. The number of unbranched alkanes of at least 4 members (excludes halogenated alkanes) is 21. The molecule has 1 amide bonds. The summed E-state index contributed by atoms with van der Waals surface area (Å²) in [5, 5.41) is 0. The number of amides is 1. The lowest BCUT2D eigenvalue weighted by atomic mass is 9.93. The number of esters is 1. The van der Waals surface area contributed by atoms with Crippen molar-refractivity contribution >= 4 is 11.9 Å². The minimum absolute atomic E-state index is 0.0350. The lowest BCUT2D eigenvalue weighted by Gasteiger charge is -2.35. The minimum atomic E-state index is -0.0350. The molecule has 7 nitrogen and oxygen atoms in total. The van der Waals surface area contributed by atoms with Crippen LogP contribution in [0.3, 0.4) is 0 Å². The van der Waals surface area contributed by atoms with E-state index < -0.39 is 0 Å². The molecule has 0 bridgehead atoms. The van der Waals surface area contributed by atoms with Crippen molar-refractivity contribution in [2.45, 2.75) is 234 Å². The summed E-state index contributed by atoms with van der Waals surface area (Å²) in [6.07, 6.45) is 37.9. The molecular weight excluding hydrogens is 729 g/mol. The predicted octanol–water partition coefficient (Wildman–Crippen LogP) is 13.3. The van der Waals surface area contributed by atoms with Gasteiger partial charge in [0.1, 0.15) is 0 Å². The molecule has 350 valence electrons. The van der Waals surface area contributed by atoms with Gasteiger partial charge in [0.15, 0.2) is 0 Å². The third-order valence-electron chi connectivity index (χ3n) is 13.1. The molecule has 0 aliphatic carbocycles. The number of hydrogen-bond acceptors (Lipinski definition) is 6. The zero-order valence-corrected chi connectivity index (χ0v) is 40.9. The van der Waals surface area contributed by atoms with Crippen LogP contribution in [0, 0.1) is 11.8 Å². The molecule has 1 aliphatic rings. The van der Waals surface area contributed by atoms with E-state index in [2.05, 4.69) is 61.1 Å². The van der Waals surface area contributed by atoms with Gasteiger partial charge in [-0.2, -0.15) is 0 Å². The van der Waals surface area contributed by atoms with E-state index in [4.69, 9.17) is 4.74 Å². The van der Waals surface area contributed by atoms with Crippen molar-refractivity contribution in [2.75, 3.05) is 78.6 Å². The van der Waals surface area contributed by atoms with Gasteiger partial charge in [-0.1, -0.05) is 176 Å². The first-order chi connectivity index (χ1) is 28.9. The van der Waals surface area contributed by atoms with Crippen molar-refractivity contribution < 1.29 is 14.3 Å². The summed E-state index contributed by atoms with van der Waals surface area (Å²) < 4.78 is 5.64. The van der Waals surface area contributed by atoms with Crippen LogP contribution in [0.4, 0.5) is 0 Å². The van der Waals surface area contributed by atoms with Crippen LogP contribution in [0.2, 0.25) is 0 Å². The second-order valence-corrected chi connectivity index (χ2v) is 19.0. The zero-order valence-electron chi connectivity index (χ0n) is 40.9. The molecule has 0 aromatic heterocycles. The summed E-state index contributed by atoms with van der Waals surface area (Å²) in [6.45, 7) is 25.4. The van der Waals surface area contributed by atoms with Crippen LogP contribution in [-0.2, 0) is 14.3 Å². The quantitative estimate of drug-likeness (QED) is 0.0451. The van der Waals surface area contributed by atoms with Crippen LogP contribution in [0.1, 0.15) is 234 Å². The van der Waals surface area contributed by atoms with Crippen LogP contribution < -0.4 is 0 Å². The lowest BCUT2D eigenvalue weighted by Crippen LogP contribution is -2.46. The molecule has 1 saturated heterocycles. The minimum Gasteiger partial charge on any atom is -0.465 e.